The van der Waals surface area contributed by atoms with Gasteiger partial charge in [0.2, 0.25) is 0 Å². The van der Waals surface area contributed by atoms with Gasteiger partial charge in [-0.05, 0) is 37.6 Å². The third kappa shape index (κ3) is 4.06. The number of likely N-dealkylation sites (N-methyl/N-ethyl adjacent to an activating group) is 1. The minimum Gasteiger partial charge on any atom is -0.357 e. The highest BCUT2D eigenvalue weighted by atomic mass is 16.2. The molecule has 2 aliphatic heterocycles. The van der Waals surface area contributed by atoms with Crippen molar-refractivity contribution in [1.82, 2.24) is 14.8 Å². The molecule has 6 nitrogen and oxygen atoms in total. The van der Waals surface area contributed by atoms with Gasteiger partial charge in [-0.2, -0.15) is 0 Å². The number of anilines is 2. The number of carbonyl (C=O) groups excluding carboxylic acids is 1. The number of rotatable bonds is 3. The summed E-state index contributed by atoms with van der Waals surface area (Å²) in [6.07, 6.45) is 4.22. The maximum absolute atomic E-state index is 13.0. The molecule has 142 valence electrons. The maximum Gasteiger partial charge on any atom is 0.322 e. The molecule has 2 fully saturated rings. The average Bonchev–Trinajstić information content (AvgIpc) is 3.24. The lowest BCUT2D eigenvalue weighted by Crippen LogP contribution is -2.50. The van der Waals surface area contributed by atoms with E-state index in [4.69, 9.17) is 0 Å². The molecular formula is C21H27N5O. The summed E-state index contributed by atoms with van der Waals surface area (Å²) in [6, 6.07) is 14.2. The Morgan fingerprint density at radius 1 is 1.04 bits per heavy atom. The van der Waals surface area contributed by atoms with Crippen LogP contribution in [0, 0.1) is 0 Å². The number of urea groups is 1. The topological polar surface area (TPSA) is 51.7 Å². The van der Waals surface area contributed by atoms with Gasteiger partial charge in [-0.1, -0.05) is 30.3 Å². The Morgan fingerprint density at radius 2 is 1.81 bits per heavy atom. The molecule has 27 heavy (non-hydrogen) atoms. The fraction of sp³-hybridized carbons (Fsp3) is 0.429. The molecule has 4 rings (SSSR count). The highest BCUT2D eigenvalue weighted by Crippen LogP contribution is 2.26. The van der Waals surface area contributed by atoms with Crippen LogP contribution in [0.5, 0.6) is 0 Å². The standard InChI is InChI=1S/C21H27N5O/c1-24-13-14-26(19(16-24)17-7-3-2-4-8-17)21(27)23-18-9-10-20(22-15-18)25-11-5-6-12-25/h2-4,7-10,15,19H,5-6,11-14,16H2,1H3,(H,23,27). The molecule has 0 radical (unpaired) electrons. The number of amides is 2. The molecule has 1 aromatic heterocycles. The fourth-order valence-corrected chi connectivity index (χ4v) is 3.91. The van der Waals surface area contributed by atoms with Crippen LogP contribution in [0.2, 0.25) is 0 Å². The van der Waals surface area contributed by atoms with Crippen LogP contribution in [0.3, 0.4) is 0 Å². The van der Waals surface area contributed by atoms with Gasteiger partial charge in [-0.25, -0.2) is 9.78 Å². The smallest absolute Gasteiger partial charge is 0.322 e. The largest absolute Gasteiger partial charge is 0.357 e. The molecule has 0 saturated carbocycles. The van der Waals surface area contributed by atoms with E-state index in [1.807, 2.05) is 35.2 Å². The van der Waals surface area contributed by atoms with E-state index >= 15 is 0 Å². The number of piperazine rings is 1. The monoisotopic (exact) mass is 365 g/mol. The summed E-state index contributed by atoms with van der Waals surface area (Å²) in [4.78, 5) is 24.0. The van der Waals surface area contributed by atoms with Gasteiger partial charge < -0.3 is 20.0 Å². The van der Waals surface area contributed by atoms with E-state index in [0.29, 0.717) is 6.54 Å². The van der Waals surface area contributed by atoms with Gasteiger partial charge in [0, 0.05) is 32.7 Å². The first-order valence-corrected chi connectivity index (χ1v) is 9.73. The van der Waals surface area contributed by atoms with E-state index in [0.717, 1.165) is 37.7 Å². The first-order valence-electron chi connectivity index (χ1n) is 9.73. The number of pyridine rings is 1. The van der Waals surface area contributed by atoms with Crippen molar-refractivity contribution >= 4 is 17.5 Å². The first-order chi connectivity index (χ1) is 13.2. The lowest BCUT2D eigenvalue weighted by molar-refractivity contribution is 0.116. The molecule has 0 aliphatic carbocycles. The minimum atomic E-state index is -0.0623. The second-order valence-corrected chi connectivity index (χ2v) is 7.41. The van der Waals surface area contributed by atoms with Gasteiger partial charge in [0.15, 0.2) is 0 Å². The second-order valence-electron chi connectivity index (χ2n) is 7.41. The van der Waals surface area contributed by atoms with Gasteiger partial charge in [0.05, 0.1) is 17.9 Å². The molecule has 0 spiro atoms. The third-order valence-corrected chi connectivity index (χ3v) is 5.46. The predicted octanol–water partition coefficient (Wildman–Crippen LogP) is 3.20. The molecule has 1 N–H and O–H groups in total. The minimum absolute atomic E-state index is 0.0572. The highest BCUT2D eigenvalue weighted by molar-refractivity contribution is 5.89. The molecular weight excluding hydrogens is 338 g/mol. The van der Waals surface area contributed by atoms with E-state index < -0.39 is 0 Å². The van der Waals surface area contributed by atoms with Crippen molar-refractivity contribution in [3.8, 4) is 0 Å². The maximum atomic E-state index is 13.0. The summed E-state index contributed by atoms with van der Waals surface area (Å²) < 4.78 is 0. The Labute approximate surface area is 160 Å². The number of carbonyl (C=O) groups is 1. The van der Waals surface area contributed by atoms with Crippen LogP contribution in [0.25, 0.3) is 0 Å². The van der Waals surface area contributed by atoms with Gasteiger partial charge in [-0.15, -0.1) is 0 Å². The molecule has 1 atom stereocenters. The molecule has 0 bridgehead atoms. The summed E-state index contributed by atoms with van der Waals surface area (Å²) in [7, 11) is 2.10. The van der Waals surface area contributed by atoms with Crippen molar-refractivity contribution < 1.29 is 4.79 Å². The van der Waals surface area contributed by atoms with Crippen molar-refractivity contribution in [2.24, 2.45) is 0 Å². The number of hydrogen-bond donors (Lipinski definition) is 1. The van der Waals surface area contributed by atoms with Crippen LogP contribution in [0.15, 0.2) is 48.7 Å². The first kappa shape index (κ1) is 17.8. The van der Waals surface area contributed by atoms with Crippen molar-refractivity contribution in [2.45, 2.75) is 18.9 Å². The summed E-state index contributed by atoms with van der Waals surface area (Å²) in [6.45, 7) is 4.56. The van der Waals surface area contributed by atoms with Crippen LogP contribution in [-0.4, -0.2) is 60.6 Å². The molecule has 1 aromatic carbocycles. The summed E-state index contributed by atoms with van der Waals surface area (Å²) in [5, 5.41) is 3.03. The number of nitrogens with zero attached hydrogens (tertiary/aromatic N) is 4. The van der Waals surface area contributed by atoms with E-state index in [2.05, 4.69) is 39.3 Å². The van der Waals surface area contributed by atoms with Crippen molar-refractivity contribution in [3.05, 3.63) is 54.2 Å². The molecule has 6 heteroatoms. The Hall–Kier alpha value is -2.60. The quantitative estimate of drug-likeness (QED) is 0.908. The van der Waals surface area contributed by atoms with Crippen LogP contribution < -0.4 is 10.2 Å². The van der Waals surface area contributed by atoms with E-state index in [9.17, 15) is 4.79 Å². The van der Waals surface area contributed by atoms with Gasteiger partial charge in [0.1, 0.15) is 5.82 Å². The zero-order valence-corrected chi connectivity index (χ0v) is 15.8. The number of nitrogens with one attached hydrogen (secondary N) is 1. The Morgan fingerprint density at radius 3 is 2.52 bits per heavy atom. The molecule has 2 aromatic rings. The second kappa shape index (κ2) is 7.96. The van der Waals surface area contributed by atoms with Crippen LogP contribution in [-0.2, 0) is 0 Å². The average molecular weight is 365 g/mol. The van der Waals surface area contributed by atoms with Crippen molar-refractivity contribution in [2.75, 3.05) is 50.0 Å². The van der Waals surface area contributed by atoms with Crippen LogP contribution >= 0.6 is 0 Å². The lowest BCUT2D eigenvalue weighted by Gasteiger charge is -2.40. The fourth-order valence-electron chi connectivity index (χ4n) is 3.91. The summed E-state index contributed by atoms with van der Waals surface area (Å²) >= 11 is 0. The summed E-state index contributed by atoms with van der Waals surface area (Å²) in [5.41, 5.74) is 1.91. The molecule has 2 saturated heterocycles. The Balaban J connectivity index is 1.46. The van der Waals surface area contributed by atoms with Crippen LogP contribution in [0.1, 0.15) is 24.4 Å². The van der Waals surface area contributed by atoms with Crippen molar-refractivity contribution in [1.29, 1.82) is 0 Å². The van der Waals surface area contributed by atoms with Crippen LogP contribution in [0.4, 0.5) is 16.3 Å². The normalized spacial score (nSPS) is 20.7. The molecule has 2 amide bonds. The predicted molar refractivity (Wildman–Crippen MR) is 108 cm³/mol. The van der Waals surface area contributed by atoms with E-state index in [1.165, 1.54) is 18.4 Å². The van der Waals surface area contributed by atoms with Gasteiger partial charge >= 0.3 is 6.03 Å². The highest BCUT2D eigenvalue weighted by Gasteiger charge is 2.30. The van der Waals surface area contributed by atoms with Gasteiger partial charge in [0.25, 0.3) is 0 Å². The number of hydrogen-bond acceptors (Lipinski definition) is 4. The zero-order valence-electron chi connectivity index (χ0n) is 15.8. The molecule has 2 aliphatic rings. The van der Waals surface area contributed by atoms with E-state index in [1.54, 1.807) is 6.20 Å². The number of aromatic nitrogens is 1. The Bertz CT molecular complexity index is 758. The summed E-state index contributed by atoms with van der Waals surface area (Å²) in [5.74, 6) is 0.993. The van der Waals surface area contributed by atoms with Crippen molar-refractivity contribution in [3.63, 3.8) is 0 Å². The third-order valence-electron chi connectivity index (χ3n) is 5.46. The molecule has 3 heterocycles. The zero-order chi connectivity index (χ0) is 18.6. The SMILES string of the molecule is CN1CCN(C(=O)Nc2ccc(N3CCCC3)nc2)C(c2ccccc2)C1. The lowest BCUT2D eigenvalue weighted by atomic mass is 10.0. The van der Waals surface area contributed by atoms with Gasteiger partial charge in [-0.3, -0.25) is 0 Å². The van der Waals surface area contributed by atoms with E-state index in [-0.39, 0.29) is 12.1 Å². The number of benzene rings is 1. The Kier molecular flexibility index (Phi) is 5.25. The molecule has 1 unspecified atom stereocenters.